The van der Waals surface area contributed by atoms with Gasteiger partial charge in [0.2, 0.25) is 0 Å². The Labute approximate surface area is 110 Å². The molecule has 0 radical (unpaired) electrons. The van der Waals surface area contributed by atoms with Crippen LogP contribution in [0, 0.1) is 0 Å². The minimum Gasteiger partial charge on any atom is -0.347 e. The first-order valence-electron chi connectivity index (χ1n) is 5.63. The summed E-state index contributed by atoms with van der Waals surface area (Å²) in [6.07, 6.45) is 5.34. The van der Waals surface area contributed by atoms with Gasteiger partial charge in [-0.05, 0) is 24.0 Å². The third kappa shape index (κ3) is 3.37. The van der Waals surface area contributed by atoms with Crippen molar-refractivity contribution in [2.45, 2.75) is 12.3 Å². The number of carbonyl (C=O) groups is 1. The Morgan fingerprint density at radius 2 is 2.39 bits per heavy atom. The second kappa shape index (κ2) is 6.26. The molecule has 2 aromatic rings. The van der Waals surface area contributed by atoms with E-state index < -0.39 is 0 Å². The number of aromatic amines is 1. The van der Waals surface area contributed by atoms with Crippen LogP contribution in [0.2, 0.25) is 0 Å². The van der Waals surface area contributed by atoms with E-state index in [9.17, 15) is 4.79 Å². The minimum absolute atomic E-state index is 0.0625. The zero-order valence-electron chi connectivity index (χ0n) is 10.1. The molecule has 1 amide bonds. The molecule has 18 heavy (non-hydrogen) atoms. The Kier molecular flexibility index (Phi) is 4.41. The summed E-state index contributed by atoms with van der Waals surface area (Å²) < 4.78 is 0. The standard InChI is InChI=1S/C13H15N3OS/c1-18-8-10-3-2-4-11(5-10)13(17)15-7-12-6-14-9-16-12/h2-6,9H,7-8H2,1H3,(H,14,16)(H,15,17). The summed E-state index contributed by atoms with van der Waals surface area (Å²) in [6.45, 7) is 0.464. The second-order valence-corrected chi connectivity index (χ2v) is 4.76. The summed E-state index contributed by atoms with van der Waals surface area (Å²) >= 11 is 1.74. The van der Waals surface area contributed by atoms with E-state index >= 15 is 0 Å². The predicted molar refractivity (Wildman–Crippen MR) is 73.4 cm³/mol. The number of nitrogens with zero attached hydrogens (tertiary/aromatic N) is 1. The van der Waals surface area contributed by atoms with Crippen LogP contribution in [0.4, 0.5) is 0 Å². The Balaban J connectivity index is 1.97. The number of benzene rings is 1. The topological polar surface area (TPSA) is 57.8 Å². The molecule has 0 saturated carbocycles. The number of rotatable bonds is 5. The van der Waals surface area contributed by atoms with Crippen LogP contribution in [0.3, 0.4) is 0 Å². The molecule has 5 heteroatoms. The van der Waals surface area contributed by atoms with Gasteiger partial charge in [0, 0.05) is 17.5 Å². The summed E-state index contributed by atoms with van der Waals surface area (Å²) in [4.78, 5) is 18.8. The van der Waals surface area contributed by atoms with Crippen LogP contribution in [-0.2, 0) is 12.3 Å². The van der Waals surface area contributed by atoms with Crippen LogP contribution in [-0.4, -0.2) is 22.1 Å². The summed E-state index contributed by atoms with van der Waals surface area (Å²) in [5.41, 5.74) is 2.75. The molecule has 2 rings (SSSR count). The smallest absolute Gasteiger partial charge is 0.251 e. The monoisotopic (exact) mass is 261 g/mol. The molecule has 0 fully saturated rings. The van der Waals surface area contributed by atoms with Crippen molar-refractivity contribution >= 4 is 17.7 Å². The van der Waals surface area contributed by atoms with Gasteiger partial charge in [0.15, 0.2) is 0 Å². The fourth-order valence-electron chi connectivity index (χ4n) is 1.63. The number of carbonyl (C=O) groups excluding carboxylic acids is 1. The van der Waals surface area contributed by atoms with E-state index in [2.05, 4.69) is 15.3 Å². The molecule has 94 valence electrons. The van der Waals surface area contributed by atoms with Gasteiger partial charge in [0.1, 0.15) is 0 Å². The lowest BCUT2D eigenvalue weighted by molar-refractivity contribution is 0.0950. The third-order valence-electron chi connectivity index (χ3n) is 2.49. The second-order valence-electron chi connectivity index (χ2n) is 3.89. The molecule has 2 N–H and O–H groups in total. The van der Waals surface area contributed by atoms with Gasteiger partial charge in [-0.2, -0.15) is 11.8 Å². The average Bonchev–Trinajstić information content (AvgIpc) is 2.90. The first-order chi connectivity index (χ1) is 8.79. The van der Waals surface area contributed by atoms with Crippen LogP contribution in [0.15, 0.2) is 36.8 Å². The van der Waals surface area contributed by atoms with Crippen molar-refractivity contribution in [1.29, 1.82) is 0 Å². The van der Waals surface area contributed by atoms with Gasteiger partial charge in [0.05, 0.1) is 18.6 Å². The number of H-pyrrole nitrogens is 1. The van der Waals surface area contributed by atoms with Crippen LogP contribution in [0.25, 0.3) is 0 Å². The molecule has 1 heterocycles. The van der Waals surface area contributed by atoms with Crippen molar-refractivity contribution in [2.75, 3.05) is 6.26 Å². The number of nitrogens with one attached hydrogen (secondary N) is 2. The zero-order valence-corrected chi connectivity index (χ0v) is 11.0. The van der Waals surface area contributed by atoms with E-state index in [1.807, 2.05) is 30.5 Å². The Morgan fingerprint density at radius 3 is 3.11 bits per heavy atom. The maximum absolute atomic E-state index is 11.9. The molecule has 0 spiro atoms. The van der Waals surface area contributed by atoms with Crippen molar-refractivity contribution in [3.05, 3.63) is 53.6 Å². The van der Waals surface area contributed by atoms with E-state index in [4.69, 9.17) is 0 Å². The highest BCUT2D eigenvalue weighted by Crippen LogP contribution is 2.11. The SMILES string of the molecule is CSCc1cccc(C(=O)NCc2cnc[nH]2)c1. The molecular weight excluding hydrogens is 246 g/mol. The zero-order chi connectivity index (χ0) is 12.8. The molecule has 0 atom stereocenters. The van der Waals surface area contributed by atoms with E-state index in [0.717, 1.165) is 17.0 Å². The van der Waals surface area contributed by atoms with E-state index in [1.165, 1.54) is 0 Å². The van der Waals surface area contributed by atoms with E-state index in [1.54, 1.807) is 24.3 Å². The molecule has 4 nitrogen and oxygen atoms in total. The Bertz CT molecular complexity index is 511. The van der Waals surface area contributed by atoms with Crippen LogP contribution in [0.5, 0.6) is 0 Å². The van der Waals surface area contributed by atoms with Crippen molar-refractivity contribution in [2.24, 2.45) is 0 Å². The molecule has 0 aliphatic heterocycles. The molecular formula is C13H15N3OS. The van der Waals surface area contributed by atoms with Gasteiger partial charge in [-0.3, -0.25) is 4.79 Å². The number of aromatic nitrogens is 2. The molecule has 0 aliphatic rings. The molecule has 1 aromatic carbocycles. The number of imidazole rings is 1. The number of hydrogen-bond donors (Lipinski definition) is 2. The van der Waals surface area contributed by atoms with Gasteiger partial charge in [-0.15, -0.1) is 0 Å². The number of amides is 1. The quantitative estimate of drug-likeness (QED) is 0.867. The van der Waals surface area contributed by atoms with Crippen LogP contribution < -0.4 is 5.32 Å². The lowest BCUT2D eigenvalue weighted by atomic mass is 10.1. The molecule has 0 bridgehead atoms. The van der Waals surface area contributed by atoms with Gasteiger partial charge in [0.25, 0.3) is 5.91 Å². The van der Waals surface area contributed by atoms with Crippen molar-refractivity contribution < 1.29 is 4.79 Å². The van der Waals surface area contributed by atoms with Crippen molar-refractivity contribution in [3.8, 4) is 0 Å². The molecule has 1 aromatic heterocycles. The minimum atomic E-state index is -0.0625. The van der Waals surface area contributed by atoms with E-state index in [-0.39, 0.29) is 5.91 Å². The van der Waals surface area contributed by atoms with Crippen LogP contribution >= 0.6 is 11.8 Å². The molecule has 0 unspecified atom stereocenters. The summed E-state index contributed by atoms with van der Waals surface area (Å²) in [5, 5.41) is 2.85. The summed E-state index contributed by atoms with van der Waals surface area (Å²) in [7, 11) is 0. The van der Waals surface area contributed by atoms with Crippen molar-refractivity contribution in [3.63, 3.8) is 0 Å². The lowest BCUT2D eigenvalue weighted by Crippen LogP contribution is -2.23. The number of hydrogen-bond acceptors (Lipinski definition) is 3. The van der Waals surface area contributed by atoms with Gasteiger partial charge in [-0.1, -0.05) is 12.1 Å². The Morgan fingerprint density at radius 1 is 1.50 bits per heavy atom. The van der Waals surface area contributed by atoms with Gasteiger partial charge < -0.3 is 10.3 Å². The van der Waals surface area contributed by atoms with Gasteiger partial charge >= 0.3 is 0 Å². The fourth-order valence-corrected chi connectivity index (χ4v) is 2.14. The lowest BCUT2D eigenvalue weighted by Gasteiger charge is -2.05. The number of thioether (sulfide) groups is 1. The van der Waals surface area contributed by atoms with Crippen LogP contribution in [0.1, 0.15) is 21.6 Å². The maximum atomic E-state index is 11.9. The summed E-state index contributed by atoms with van der Waals surface area (Å²) in [6, 6.07) is 7.70. The molecule has 0 saturated heterocycles. The Hall–Kier alpha value is -1.75. The maximum Gasteiger partial charge on any atom is 0.251 e. The van der Waals surface area contributed by atoms with Crippen molar-refractivity contribution in [1.82, 2.24) is 15.3 Å². The first-order valence-corrected chi connectivity index (χ1v) is 7.02. The normalized spacial score (nSPS) is 10.3. The summed E-state index contributed by atoms with van der Waals surface area (Å²) in [5.74, 6) is 0.856. The highest BCUT2D eigenvalue weighted by Gasteiger charge is 2.06. The fraction of sp³-hybridized carbons (Fsp3) is 0.231. The van der Waals surface area contributed by atoms with E-state index in [0.29, 0.717) is 12.1 Å². The highest BCUT2D eigenvalue weighted by atomic mass is 32.2. The molecule has 0 aliphatic carbocycles. The third-order valence-corrected chi connectivity index (χ3v) is 3.12. The average molecular weight is 261 g/mol. The highest BCUT2D eigenvalue weighted by molar-refractivity contribution is 7.97. The largest absolute Gasteiger partial charge is 0.347 e. The van der Waals surface area contributed by atoms with Gasteiger partial charge in [-0.25, -0.2) is 4.98 Å². The first kappa shape index (κ1) is 12.7. The predicted octanol–water partition coefficient (Wildman–Crippen LogP) is 2.20.